The number of para-hydroxylation sites is 1. The van der Waals surface area contributed by atoms with Crippen molar-refractivity contribution in [3.05, 3.63) is 58.5 Å². The van der Waals surface area contributed by atoms with Gasteiger partial charge in [0.1, 0.15) is 5.56 Å². The van der Waals surface area contributed by atoms with Crippen molar-refractivity contribution < 1.29 is 9.53 Å². The molecule has 0 bridgehead atoms. The minimum Gasteiger partial charge on any atom is -0.379 e. The Bertz CT molecular complexity index is 1090. The van der Waals surface area contributed by atoms with Crippen LogP contribution in [-0.4, -0.2) is 58.3 Å². The second kappa shape index (κ2) is 7.98. The topological polar surface area (TPSA) is 107 Å². The molecule has 29 heavy (non-hydrogen) atoms. The molecule has 0 spiro atoms. The second-order valence-corrected chi connectivity index (χ2v) is 6.63. The van der Waals surface area contributed by atoms with Gasteiger partial charge < -0.3 is 15.0 Å². The molecule has 4 rings (SSSR count). The molecule has 0 saturated carbocycles. The Labute approximate surface area is 167 Å². The van der Waals surface area contributed by atoms with Crippen molar-refractivity contribution >= 4 is 22.9 Å². The third-order valence-electron chi connectivity index (χ3n) is 4.89. The highest BCUT2D eigenvalue weighted by Crippen LogP contribution is 2.19. The van der Waals surface area contributed by atoms with Gasteiger partial charge in [-0.2, -0.15) is 4.98 Å². The normalized spacial score (nSPS) is 14.8. The van der Waals surface area contributed by atoms with Crippen LogP contribution in [0.1, 0.15) is 17.3 Å². The van der Waals surface area contributed by atoms with Crippen LogP contribution in [0.3, 0.4) is 0 Å². The summed E-state index contributed by atoms with van der Waals surface area (Å²) in [7, 11) is 0. The van der Waals surface area contributed by atoms with Crippen LogP contribution in [0, 0.1) is 0 Å². The lowest BCUT2D eigenvalue weighted by Crippen LogP contribution is -2.49. The fraction of sp³-hybridized carbons (Fsp3) is 0.300. The summed E-state index contributed by atoms with van der Waals surface area (Å²) in [5.74, 6) is -0.299. The first-order chi connectivity index (χ1) is 14.1. The number of pyridine rings is 1. The number of carbonyl (C=O) groups excluding carboxylic acids is 1. The first-order valence-corrected chi connectivity index (χ1v) is 9.48. The third kappa shape index (κ3) is 3.57. The first kappa shape index (κ1) is 19.0. The van der Waals surface area contributed by atoms with Gasteiger partial charge in [-0.15, -0.1) is 0 Å². The molecule has 0 radical (unpaired) electrons. The molecule has 1 fully saturated rings. The molecule has 3 aromatic rings. The summed E-state index contributed by atoms with van der Waals surface area (Å²) < 4.78 is 7.13. The van der Waals surface area contributed by atoms with E-state index in [1.54, 1.807) is 4.57 Å². The van der Waals surface area contributed by atoms with Gasteiger partial charge in [0, 0.05) is 37.7 Å². The summed E-state index contributed by atoms with van der Waals surface area (Å²) in [5, 5.41) is 4.35. The smallest absolute Gasteiger partial charge is 0.254 e. The van der Waals surface area contributed by atoms with E-state index in [1.807, 2.05) is 42.3 Å². The minimum atomic E-state index is -0.783. The highest BCUT2D eigenvalue weighted by molar-refractivity contribution is 5.96. The Morgan fingerprint density at radius 3 is 2.62 bits per heavy atom. The number of fused-ring (bicyclic) bond motifs is 1. The zero-order valence-corrected chi connectivity index (χ0v) is 16.1. The largest absolute Gasteiger partial charge is 0.379 e. The van der Waals surface area contributed by atoms with Crippen molar-refractivity contribution in [2.75, 3.05) is 37.9 Å². The summed E-state index contributed by atoms with van der Waals surface area (Å²) in [6, 6.07) is 9.38. The zero-order valence-electron chi connectivity index (χ0n) is 16.1. The molecule has 0 aliphatic carbocycles. The molecule has 2 N–H and O–H groups in total. The maximum absolute atomic E-state index is 12.8. The summed E-state index contributed by atoms with van der Waals surface area (Å²) in [6.07, 6.45) is 2.92. The van der Waals surface area contributed by atoms with Gasteiger partial charge in [-0.3, -0.25) is 14.6 Å². The highest BCUT2D eigenvalue weighted by atomic mass is 16.5. The molecule has 1 aliphatic rings. The lowest BCUT2D eigenvalue weighted by atomic mass is 10.2. The number of amides is 1. The van der Waals surface area contributed by atoms with Crippen LogP contribution in [0.15, 0.2) is 47.5 Å². The van der Waals surface area contributed by atoms with E-state index < -0.39 is 11.3 Å². The lowest BCUT2D eigenvalue weighted by molar-refractivity contribution is 0.0314. The van der Waals surface area contributed by atoms with Crippen LogP contribution < -0.4 is 16.2 Å². The van der Waals surface area contributed by atoms with E-state index in [0.717, 1.165) is 18.8 Å². The van der Waals surface area contributed by atoms with Crippen LogP contribution in [-0.2, 0) is 4.74 Å². The Morgan fingerprint density at radius 1 is 1.24 bits per heavy atom. The number of carbonyl (C=O) groups is 1. The maximum Gasteiger partial charge on any atom is 0.254 e. The van der Waals surface area contributed by atoms with Crippen LogP contribution >= 0.6 is 0 Å². The van der Waals surface area contributed by atoms with Gasteiger partial charge >= 0.3 is 0 Å². The SMILES string of the molecule is CCN(c1ncc2c(=O)c(C(N)=O)cn(-c3ccccc3)c2n1)N1CCOCC1. The quantitative estimate of drug-likeness (QED) is 0.687. The van der Waals surface area contributed by atoms with Gasteiger partial charge in [-0.05, 0) is 19.1 Å². The number of rotatable bonds is 5. The molecule has 2 aromatic heterocycles. The Hall–Kier alpha value is -3.30. The predicted molar refractivity (Wildman–Crippen MR) is 109 cm³/mol. The number of ether oxygens (including phenoxy) is 1. The Balaban J connectivity index is 1.92. The molecule has 1 aromatic carbocycles. The number of primary amides is 1. The van der Waals surface area contributed by atoms with Gasteiger partial charge in [-0.25, -0.2) is 9.99 Å². The summed E-state index contributed by atoms with van der Waals surface area (Å²) >= 11 is 0. The number of aromatic nitrogens is 3. The second-order valence-electron chi connectivity index (χ2n) is 6.63. The van der Waals surface area contributed by atoms with Crippen molar-refractivity contribution in [1.82, 2.24) is 19.5 Å². The minimum absolute atomic E-state index is 0.0989. The van der Waals surface area contributed by atoms with Crippen molar-refractivity contribution in [1.29, 1.82) is 0 Å². The van der Waals surface area contributed by atoms with E-state index in [-0.39, 0.29) is 10.9 Å². The van der Waals surface area contributed by atoms with Gasteiger partial charge in [0.05, 0.1) is 18.6 Å². The summed E-state index contributed by atoms with van der Waals surface area (Å²) in [6.45, 7) is 5.44. The molecule has 1 saturated heterocycles. The average Bonchev–Trinajstić information content (AvgIpc) is 2.76. The number of hydrogen-bond donors (Lipinski definition) is 1. The van der Waals surface area contributed by atoms with Crippen molar-refractivity contribution in [2.24, 2.45) is 5.73 Å². The number of hydrazine groups is 1. The Kier molecular flexibility index (Phi) is 5.24. The van der Waals surface area contributed by atoms with Crippen LogP contribution in [0.5, 0.6) is 0 Å². The monoisotopic (exact) mass is 394 g/mol. The van der Waals surface area contributed by atoms with Crippen molar-refractivity contribution in [3.8, 4) is 5.69 Å². The van der Waals surface area contributed by atoms with Crippen molar-refractivity contribution in [2.45, 2.75) is 6.92 Å². The molecule has 150 valence electrons. The van der Waals surface area contributed by atoms with E-state index in [4.69, 9.17) is 15.5 Å². The molecular weight excluding hydrogens is 372 g/mol. The first-order valence-electron chi connectivity index (χ1n) is 9.48. The third-order valence-corrected chi connectivity index (χ3v) is 4.89. The number of morpholine rings is 1. The van der Waals surface area contributed by atoms with E-state index in [2.05, 4.69) is 9.99 Å². The molecule has 1 aliphatic heterocycles. The molecule has 9 nitrogen and oxygen atoms in total. The molecule has 9 heteroatoms. The molecule has 3 heterocycles. The van der Waals surface area contributed by atoms with Gasteiger partial charge in [0.2, 0.25) is 11.4 Å². The predicted octanol–water partition coefficient (Wildman–Crippen LogP) is 0.953. The number of hydrogen-bond acceptors (Lipinski definition) is 7. The number of nitrogens with zero attached hydrogens (tertiary/aromatic N) is 5. The summed E-state index contributed by atoms with van der Waals surface area (Å²) in [5.41, 5.74) is 6.04. The standard InChI is InChI=1S/C20H22N6O3/c1-2-26(24-8-10-29-11-9-24)20-22-12-15-17(27)16(18(21)28)13-25(19(15)23-20)14-6-4-3-5-7-14/h3-7,12-13H,2,8-11H2,1H3,(H2,21,28). The van der Waals surface area contributed by atoms with E-state index in [0.29, 0.717) is 31.4 Å². The number of benzene rings is 1. The average molecular weight is 394 g/mol. The van der Waals surface area contributed by atoms with Crippen LogP contribution in [0.2, 0.25) is 0 Å². The molecular formula is C20H22N6O3. The van der Waals surface area contributed by atoms with E-state index in [1.165, 1.54) is 12.4 Å². The number of nitrogens with two attached hydrogens (primary N) is 1. The zero-order chi connectivity index (χ0) is 20.4. The van der Waals surface area contributed by atoms with Crippen LogP contribution in [0.25, 0.3) is 16.7 Å². The molecule has 1 amide bonds. The van der Waals surface area contributed by atoms with Gasteiger partial charge in [-0.1, -0.05) is 18.2 Å². The fourth-order valence-electron chi connectivity index (χ4n) is 3.45. The number of anilines is 1. The highest BCUT2D eigenvalue weighted by Gasteiger charge is 2.22. The molecule has 0 unspecified atom stereocenters. The van der Waals surface area contributed by atoms with Crippen LogP contribution in [0.4, 0.5) is 5.95 Å². The van der Waals surface area contributed by atoms with Crippen molar-refractivity contribution in [3.63, 3.8) is 0 Å². The molecule has 0 atom stereocenters. The summed E-state index contributed by atoms with van der Waals surface area (Å²) in [4.78, 5) is 33.7. The Morgan fingerprint density at radius 2 is 1.97 bits per heavy atom. The van der Waals surface area contributed by atoms with Gasteiger partial charge in [0.25, 0.3) is 5.91 Å². The van der Waals surface area contributed by atoms with Gasteiger partial charge in [0.15, 0.2) is 5.65 Å². The lowest BCUT2D eigenvalue weighted by Gasteiger charge is -2.36. The van der Waals surface area contributed by atoms with E-state index in [9.17, 15) is 9.59 Å². The van der Waals surface area contributed by atoms with E-state index >= 15 is 0 Å². The fourth-order valence-corrected chi connectivity index (χ4v) is 3.45. The maximum atomic E-state index is 12.8.